The number of benzene rings is 1. The summed E-state index contributed by atoms with van der Waals surface area (Å²) in [6, 6.07) is 6.62. The summed E-state index contributed by atoms with van der Waals surface area (Å²) in [4.78, 5) is 11.4. The highest BCUT2D eigenvalue weighted by molar-refractivity contribution is 7.93. The van der Waals surface area contributed by atoms with E-state index in [2.05, 4.69) is 15.5 Å². The van der Waals surface area contributed by atoms with Crippen LogP contribution in [0, 0.1) is 13.8 Å². The van der Waals surface area contributed by atoms with Gasteiger partial charge in [0.15, 0.2) is 0 Å². The molecule has 1 aliphatic heterocycles. The van der Waals surface area contributed by atoms with E-state index in [1.165, 1.54) is 11.2 Å². The van der Waals surface area contributed by atoms with Crippen LogP contribution in [0.5, 0.6) is 0 Å². The Morgan fingerprint density at radius 3 is 2.37 bits per heavy atom. The van der Waals surface area contributed by atoms with Gasteiger partial charge in [-0.25, -0.2) is 8.42 Å². The molecule has 8 nitrogen and oxygen atoms in total. The highest BCUT2D eigenvalue weighted by Crippen LogP contribution is 2.32. The van der Waals surface area contributed by atoms with Crippen molar-refractivity contribution in [2.75, 3.05) is 22.8 Å². The van der Waals surface area contributed by atoms with E-state index in [1.807, 2.05) is 0 Å². The SMILES string of the molecule is CC(=O)Nc1ccc(N(C2CCOCC2)S(=O)(=O)c2c(C)n[nH]c2C)cc1. The molecule has 9 heteroatoms. The quantitative estimate of drug-likeness (QED) is 0.813. The lowest BCUT2D eigenvalue weighted by atomic mass is 10.1. The summed E-state index contributed by atoms with van der Waals surface area (Å²) in [6.45, 7) is 5.85. The van der Waals surface area contributed by atoms with Crippen molar-refractivity contribution in [1.82, 2.24) is 10.2 Å². The predicted molar refractivity (Wildman–Crippen MR) is 102 cm³/mol. The first-order valence-electron chi connectivity index (χ1n) is 8.82. The number of sulfonamides is 1. The van der Waals surface area contributed by atoms with Crippen LogP contribution in [0.25, 0.3) is 0 Å². The first kappa shape index (κ1) is 19.4. The largest absolute Gasteiger partial charge is 0.381 e. The molecule has 1 fully saturated rings. The Labute approximate surface area is 159 Å². The van der Waals surface area contributed by atoms with Gasteiger partial charge in [0, 0.05) is 31.9 Å². The van der Waals surface area contributed by atoms with Gasteiger partial charge in [-0.3, -0.25) is 14.2 Å². The van der Waals surface area contributed by atoms with Gasteiger partial charge in [-0.05, 0) is 51.0 Å². The Bertz CT molecular complexity index is 896. The van der Waals surface area contributed by atoms with Crippen LogP contribution in [0.1, 0.15) is 31.2 Å². The molecule has 0 saturated carbocycles. The van der Waals surface area contributed by atoms with Gasteiger partial charge in [0.1, 0.15) is 4.90 Å². The van der Waals surface area contributed by atoms with Crippen LogP contribution in [0.15, 0.2) is 29.2 Å². The van der Waals surface area contributed by atoms with Crippen molar-refractivity contribution in [3.63, 3.8) is 0 Å². The fourth-order valence-corrected chi connectivity index (χ4v) is 5.43. The molecule has 3 rings (SSSR count). The number of H-pyrrole nitrogens is 1. The second kappa shape index (κ2) is 7.69. The zero-order chi connectivity index (χ0) is 19.6. The molecule has 2 heterocycles. The first-order valence-corrected chi connectivity index (χ1v) is 10.3. The third kappa shape index (κ3) is 3.98. The van der Waals surface area contributed by atoms with E-state index in [0.29, 0.717) is 48.8 Å². The third-order valence-electron chi connectivity index (χ3n) is 4.54. The lowest BCUT2D eigenvalue weighted by Crippen LogP contribution is -2.44. The number of rotatable bonds is 5. The molecule has 0 atom stereocenters. The van der Waals surface area contributed by atoms with Crippen molar-refractivity contribution in [3.05, 3.63) is 35.7 Å². The molecule has 2 aromatic rings. The number of nitrogens with zero attached hydrogens (tertiary/aromatic N) is 2. The summed E-state index contributed by atoms with van der Waals surface area (Å²) >= 11 is 0. The number of aryl methyl sites for hydroxylation is 2. The molecular weight excluding hydrogens is 368 g/mol. The molecule has 1 aromatic heterocycles. The normalized spacial score (nSPS) is 15.5. The molecule has 146 valence electrons. The topological polar surface area (TPSA) is 104 Å². The Morgan fingerprint density at radius 2 is 1.85 bits per heavy atom. The summed E-state index contributed by atoms with van der Waals surface area (Å²) in [7, 11) is -3.81. The zero-order valence-electron chi connectivity index (χ0n) is 15.7. The molecular formula is C18H24N4O4S. The van der Waals surface area contributed by atoms with E-state index in [9.17, 15) is 13.2 Å². The number of hydrogen-bond donors (Lipinski definition) is 2. The minimum atomic E-state index is -3.81. The zero-order valence-corrected chi connectivity index (χ0v) is 16.5. The van der Waals surface area contributed by atoms with E-state index < -0.39 is 10.0 Å². The highest BCUT2D eigenvalue weighted by Gasteiger charge is 2.35. The highest BCUT2D eigenvalue weighted by atomic mass is 32.2. The molecule has 1 aliphatic rings. The maximum atomic E-state index is 13.6. The Balaban J connectivity index is 2.05. The average molecular weight is 392 g/mol. The Hall–Kier alpha value is -2.39. The number of amides is 1. The van der Waals surface area contributed by atoms with E-state index >= 15 is 0 Å². The molecule has 0 spiro atoms. The number of aromatic nitrogens is 2. The van der Waals surface area contributed by atoms with Gasteiger partial charge < -0.3 is 10.1 Å². The van der Waals surface area contributed by atoms with Crippen LogP contribution in [0.3, 0.4) is 0 Å². The van der Waals surface area contributed by atoms with Crippen molar-refractivity contribution in [2.45, 2.75) is 44.6 Å². The smallest absolute Gasteiger partial charge is 0.268 e. The molecule has 2 N–H and O–H groups in total. The van der Waals surface area contributed by atoms with E-state index in [-0.39, 0.29) is 16.8 Å². The molecule has 1 saturated heterocycles. The van der Waals surface area contributed by atoms with Gasteiger partial charge in [0.05, 0.1) is 17.1 Å². The maximum absolute atomic E-state index is 13.6. The Kier molecular flexibility index (Phi) is 5.52. The van der Waals surface area contributed by atoms with Crippen LogP contribution < -0.4 is 9.62 Å². The molecule has 1 amide bonds. The summed E-state index contributed by atoms with van der Waals surface area (Å²) < 4.78 is 34.0. The van der Waals surface area contributed by atoms with Crippen LogP contribution in [0.4, 0.5) is 11.4 Å². The molecule has 0 radical (unpaired) electrons. The van der Waals surface area contributed by atoms with Crippen molar-refractivity contribution in [2.24, 2.45) is 0 Å². The number of ether oxygens (including phenoxy) is 1. The van der Waals surface area contributed by atoms with Gasteiger partial charge in [0.25, 0.3) is 10.0 Å². The van der Waals surface area contributed by atoms with E-state index in [4.69, 9.17) is 4.74 Å². The van der Waals surface area contributed by atoms with Gasteiger partial charge in [0.2, 0.25) is 5.91 Å². The molecule has 1 aromatic carbocycles. The average Bonchev–Trinajstić information content (AvgIpc) is 2.96. The number of carbonyl (C=O) groups excluding carboxylic acids is 1. The Morgan fingerprint density at radius 1 is 1.22 bits per heavy atom. The van der Waals surface area contributed by atoms with Gasteiger partial charge >= 0.3 is 0 Å². The van der Waals surface area contributed by atoms with Gasteiger partial charge in [-0.1, -0.05) is 0 Å². The number of nitrogens with one attached hydrogen (secondary N) is 2. The van der Waals surface area contributed by atoms with Crippen molar-refractivity contribution in [1.29, 1.82) is 0 Å². The van der Waals surface area contributed by atoms with Gasteiger partial charge in [-0.15, -0.1) is 0 Å². The van der Waals surface area contributed by atoms with Gasteiger partial charge in [-0.2, -0.15) is 5.10 Å². The molecule has 27 heavy (non-hydrogen) atoms. The summed E-state index contributed by atoms with van der Waals surface area (Å²) in [6.07, 6.45) is 1.23. The number of aromatic amines is 1. The van der Waals surface area contributed by atoms with E-state index in [1.54, 1.807) is 38.1 Å². The third-order valence-corrected chi connectivity index (χ3v) is 6.69. The summed E-state index contributed by atoms with van der Waals surface area (Å²) in [5.74, 6) is -0.179. The van der Waals surface area contributed by atoms with Crippen molar-refractivity contribution >= 4 is 27.3 Å². The lowest BCUT2D eigenvalue weighted by Gasteiger charge is -2.35. The molecule has 0 unspecified atom stereocenters. The fraction of sp³-hybridized carbons (Fsp3) is 0.444. The number of anilines is 2. The molecule has 0 aliphatic carbocycles. The second-order valence-electron chi connectivity index (χ2n) is 6.64. The monoisotopic (exact) mass is 392 g/mol. The minimum Gasteiger partial charge on any atom is -0.381 e. The summed E-state index contributed by atoms with van der Waals surface area (Å²) in [5, 5.41) is 9.50. The van der Waals surface area contributed by atoms with Crippen LogP contribution in [-0.4, -0.2) is 43.8 Å². The van der Waals surface area contributed by atoms with E-state index in [0.717, 1.165) is 0 Å². The first-order chi connectivity index (χ1) is 12.8. The standard InChI is InChI=1S/C18H24N4O4S/c1-12-18(13(2)21-20-12)27(24,25)22(17-8-10-26-11-9-17)16-6-4-15(5-7-16)19-14(3)23/h4-7,17H,8-11H2,1-3H3,(H,19,23)(H,20,21). The number of carbonyl (C=O) groups is 1. The van der Waals surface area contributed by atoms with Crippen molar-refractivity contribution in [3.8, 4) is 0 Å². The van der Waals surface area contributed by atoms with Crippen molar-refractivity contribution < 1.29 is 17.9 Å². The summed E-state index contributed by atoms with van der Waals surface area (Å²) in [5.41, 5.74) is 2.13. The predicted octanol–water partition coefficient (Wildman–Crippen LogP) is 2.36. The fourth-order valence-electron chi connectivity index (χ4n) is 3.38. The molecule has 0 bridgehead atoms. The maximum Gasteiger partial charge on any atom is 0.268 e. The van der Waals surface area contributed by atoms with Crippen LogP contribution in [-0.2, 0) is 19.6 Å². The minimum absolute atomic E-state index is 0.179. The van der Waals surface area contributed by atoms with Crippen LogP contribution >= 0.6 is 0 Å². The second-order valence-corrected chi connectivity index (χ2v) is 8.39. The van der Waals surface area contributed by atoms with Crippen LogP contribution in [0.2, 0.25) is 0 Å². The lowest BCUT2D eigenvalue weighted by molar-refractivity contribution is -0.114. The number of hydrogen-bond acceptors (Lipinski definition) is 5.